The number of unbranched alkanes of at least 4 members (excludes halogenated alkanes) is 26. The van der Waals surface area contributed by atoms with Crippen LogP contribution in [0.15, 0.2) is 48.6 Å². The largest absolute Gasteiger partial charge is 0.466 e. The number of amides is 1. The minimum absolute atomic E-state index is 0.0468. The number of carbonyl (C=O) groups excluding carboxylic acids is 2. The van der Waals surface area contributed by atoms with Gasteiger partial charge in [-0.2, -0.15) is 0 Å². The Morgan fingerprint density at radius 1 is 0.500 bits per heavy atom. The van der Waals surface area contributed by atoms with Crippen LogP contribution in [0, 0.1) is 0 Å². The summed E-state index contributed by atoms with van der Waals surface area (Å²) in [5, 5.41) is 22.9. The quantitative estimate of drug-likeness (QED) is 0.0325. The number of aliphatic hydroxyl groups excluding tert-OH is 2. The topological polar surface area (TPSA) is 95.9 Å². The Bertz CT molecular complexity index is 957. The predicted molar refractivity (Wildman–Crippen MR) is 241 cm³/mol. The first-order valence-corrected chi connectivity index (χ1v) is 23.9. The molecule has 0 aromatic rings. The van der Waals surface area contributed by atoms with E-state index >= 15 is 0 Å². The Balaban J connectivity index is 3.58. The molecule has 0 rings (SSSR count). The second-order valence-corrected chi connectivity index (χ2v) is 16.1. The van der Waals surface area contributed by atoms with Crippen molar-refractivity contribution < 1.29 is 24.5 Å². The average molecular weight is 786 g/mol. The second-order valence-electron chi connectivity index (χ2n) is 16.1. The van der Waals surface area contributed by atoms with Gasteiger partial charge in [0.2, 0.25) is 5.91 Å². The van der Waals surface area contributed by atoms with Gasteiger partial charge in [0, 0.05) is 12.8 Å². The van der Waals surface area contributed by atoms with Crippen molar-refractivity contribution in [2.24, 2.45) is 0 Å². The smallest absolute Gasteiger partial charge is 0.305 e. The molecular formula is C50H91NO5. The predicted octanol–water partition coefficient (Wildman–Crippen LogP) is 13.9. The molecule has 0 spiro atoms. The van der Waals surface area contributed by atoms with Crippen LogP contribution < -0.4 is 5.32 Å². The van der Waals surface area contributed by atoms with Crippen LogP contribution in [0.25, 0.3) is 0 Å². The van der Waals surface area contributed by atoms with Crippen molar-refractivity contribution in [3.8, 4) is 0 Å². The number of hydrogen-bond acceptors (Lipinski definition) is 5. The molecule has 0 fully saturated rings. The molecule has 0 heterocycles. The van der Waals surface area contributed by atoms with Gasteiger partial charge in [0.1, 0.15) is 0 Å². The molecule has 56 heavy (non-hydrogen) atoms. The molecular weight excluding hydrogens is 695 g/mol. The van der Waals surface area contributed by atoms with Crippen molar-refractivity contribution in [2.45, 2.75) is 244 Å². The van der Waals surface area contributed by atoms with Crippen molar-refractivity contribution in [1.82, 2.24) is 5.32 Å². The zero-order chi connectivity index (χ0) is 40.8. The number of nitrogens with one attached hydrogen (secondary N) is 1. The van der Waals surface area contributed by atoms with E-state index in [1.54, 1.807) is 6.08 Å². The molecule has 0 aliphatic heterocycles. The van der Waals surface area contributed by atoms with E-state index < -0.39 is 12.1 Å². The second kappa shape index (κ2) is 45.5. The van der Waals surface area contributed by atoms with Crippen LogP contribution in [0.4, 0.5) is 0 Å². The normalized spacial score (nSPS) is 13.1. The number of carbonyl (C=O) groups is 2. The van der Waals surface area contributed by atoms with E-state index in [9.17, 15) is 19.8 Å². The third-order valence-electron chi connectivity index (χ3n) is 10.6. The van der Waals surface area contributed by atoms with Gasteiger partial charge in [-0.3, -0.25) is 9.59 Å². The van der Waals surface area contributed by atoms with E-state index in [0.29, 0.717) is 19.4 Å². The molecule has 326 valence electrons. The summed E-state index contributed by atoms with van der Waals surface area (Å²) < 4.78 is 5.43. The molecule has 2 unspecified atom stereocenters. The first-order valence-electron chi connectivity index (χ1n) is 23.9. The van der Waals surface area contributed by atoms with Crippen LogP contribution in [-0.4, -0.2) is 47.4 Å². The molecule has 2 atom stereocenters. The first kappa shape index (κ1) is 53.8. The van der Waals surface area contributed by atoms with Gasteiger partial charge in [-0.15, -0.1) is 0 Å². The Morgan fingerprint density at radius 2 is 0.911 bits per heavy atom. The van der Waals surface area contributed by atoms with Gasteiger partial charge < -0.3 is 20.3 Å². The van der Waals surface area contributed by atoms with Crippen LogP contribution >= 0.6 is 0 Å². The van der Waals surface area contributed by atoms with Gasteiger partial charge >= 0.3 is 5.97 Å². The van der Waals surface area contributed by atoms with Crippen LogP contribution in [0.1, 0.15) is 232 Å². The van der Waals surface area contributed by atoms with Gasteiger partial charge in [0.05, 0.1) is 25.4 Å². The van der Waals surface area contributed by atoms with Gasteiger partial charge in [-0.05, 0) is 83.5 Å². The van der Waals surface area contributed by atoms with E-state index in [4.69, 9.17) is 4.74 Å². The maximum atomic E-state index is 12.4. The number of rotatable bonds is 43. The van der Waals surface area contributed by atoms with Gasteiger partial charge in [0.25, 0.3) is 0 Å². The van der Waals surface area contributed by atoms with Crippen LogP contribution in [0.3, 0.4) is 0 Å². The standard InChI is InChI=1S/C50H91NO5/c1-3-5-7-9-11-13-15-17-18-19-20-21-22-24-28-32-36-40-44-50(55)56-45-41-37-33-29-25-27-31-35-39-43-49(54)51-47(46-52)48(53)42-38-34-30-26-23-16-14-12-10-8-6-4-2/h13,15,18-19,27,31,38,42,47-48,52-53H,3-12,14,16-17,20-26,28-30,32-37,39-41,43-46H2,1-2H3,(H,51,54)/b15-13-,19-18-,31-27-,42-38+. The Morgan fingerprint density at radius 3 is 1.43 bits per heavy atom. The molecule has 0 aliphatic rings. The van der Waals surface area contributed by atoms with Crippen molar-refractivity contribution in [3.05, 3.63) is 48.6 Å². The third kappa shape index (κ3) is 41.5. The molecule has 0 saturated heterocycles. The van der Waals surface area contributed by atoms with Crippen LogP contribution in [0.5, 0.6) is 0 Å². The first-order chi connectivity index (χ1) is 27.5. The lowest BCUT2D eigenvalue weighted by Crippen LogP contribution is -2.45. The molecule has 0 bridgehead atoms. The van der Waals surface area contributed by atoms with E-state index in [1.807, 2.05) is 6.08 Å². The molecule has 1 amide bonds. The van der Waals surface area contributed by atoms with Crippen LogP contribution in [0.2, 0.25) is 0 Å². The third-order valence-corrected chi connectivity index (χ3v) is 10.6. The fraction of sp³-hybridized carbons (Fsp3) is 0.800. The Kier molecular flexibility index (Phi) is 43.7. The molecule has 0 saturated carbocycles. The van der Waals surface area contributed by atoms with Gasteiger partial charge in [-0.25, -0.2) is 0 Å². The zero-order valence-electron chi connectivity index (χ0n) is 36.8. The molecule has 0 radical (unpaired) electrons. The Labute approximate surface area is 346 Å². The summed E-state index contributed by atoms with van der Waals surface area (Å²) in [5.41, 5.74) is 0. The van der Waals surface area contributed by atoms with Crippen molar-refractivity contribution in [2.75, 3.05) is 13.2 Å². The highest BCUT2D eigenvalue weighted by Gasteiger charge is 2.17. The number of esters is 1. The number of aliphatic hydroxyl groups is 2. The number of allylic oxidation sites excluding steroid dienone is 7. The average Bonchev–Trinajstić information content (AvgIpc) is 3.20. The lowest BCUT2D eigenvalue weighted by Gasteiger charge is -2.19. The summed E-state index contributed by atoms with van der Waals surface area (Å²) in [4.78, 5) is 24.4. The summed E-state index contributed by atoms with van der Waals surface area (Å²) in [6.07, 6.45) is 55.4. The highest BCUT2D eigenvalue weighted by atomic mass is 16.5. The van der Waals surface area contributed by atoms with Crippen LogP contribution in [-0.2, 0) is 14.3 Å². The Hall–Kier alpha value is -2.18. The number of ether oxygens (including phenoxy) is 1. The molecule has 3 N–H and O–H groups in total. The van der Waals surface area contributed by atoms with Crippen molar-refractivity contribution in [1.29, 1.82) is 0 Å². The molecule has 0 aromatic carbocycles. The monoisotopic (exact) mass is 786 g/mol. The summed E-state index contributed by atoms with van der Waals surface area (Å²) in [7, 11) is 0. The maximum absolute atomic E-state index is 12.4. The minimum atomic E-state index is -0.875. The van der Waals surface area contributed by atoms with E-state index in [1.165, 1.54) is 128 Å². The maximum Gasteiger partial charge on any atom is 0.305 e. The van der Waals surface area contributed by atoms with E-state index in [-0.39, 0.29) is 18.5 Å². The minimum Gasteiger partial charge on any atom is -0.466 e. The molecule has 0 aromatic heterocycles. The summed E-state index contributed by atoms with van der Waals surface area (Å²) in [5.74, 6) is -0.179. The van der Waals surface area contributed by atoms with E-state index in [2.05, 4.69) is 55.6 Å². The summed E-state index contributed by atoms with van der Waals surface area (Å²) >= 11 is 0. The lowest BCUT2D eigenvalue weighted by atomic mass is 10.1. The van der Waals surface area contributed by atoms with Crippen molar-refractivity contribution in [3.63, 3.8) is 0 Å². The van der Waals surface area contributed by atoms with E-state index in [0.717, 1.165) is 77.0 Å². The highest BCUT2D eigenvalue weighted by Crippen LogP contribution is 2.13. The fourth-order valence-corrected chi connectivity index (χ4v) is 6.84. The van der Waals surface area contributed by atoms with Crippen molar-refractivity contribution >= 4 is 11.9 Å². The fourth-order valence-electron chi connectivity index (χ4n) is 6.84. The zero-order valence-corrected chi connectivity index (χ0v) is 36.8. The molecule has 6 heteroatoms. The molecule has 0 aliphatic carbocycles. The highest BCUT2D eigenvalue weighted by molar-refractivity contribution is 5.76. The van der Waals surface area contributed by atoms with Gasteiger partial charge in [0.15, 0.2) is 0 Å². The summed E-state index contributed by atoms with van der Waals surface area (Å²) in [6.45, 7) is 4.76. The lowest BCUT2D eigenvalue weighted by molar-refractivity contribution is -0.143. The number of hydrogen-bond donors (Lipinski definition) is 3. The SMILES string of the molecule is CCCCCC/C=C\C/C=C\CCCCCCCCCC(=O)OCCCCCC/C=C\CCCC(=O)NC(CO)C(O)/C=C/CCCCCCCCCCCC. The van der Waals surface area contributed by atoms with Gasteiger partial charge in [-0.1, -0.05) is 184 Å². The molecule has 6 nitrogen and oxygen atoms in total. The summed E-state index contributed by atoms with van der Waals surface area (Å²) in [6, 6.07) is -0.666.